The van der Waals surface area contributed by atoms with E-state index in [0.717, 1.165) is 16.8 Å². The average molecular weight is 314 g/mol. The molecule has 0 fully saturated rings. The first-order chi connectivity index (χ1) is 10.9. The lowest BCUT2D eigenvalue weighted by Crippen LogP contribution is -2.31. The molecule has 2 rings (SSSR count). The van der Waals surface area contributed by atoms with E-state index in [1.165, 1.54) is 12.1 Å². The van der Waals surface area contributed by atoms with Crippen LogP contribution in [0.1, 0.15) is 31.9 Å². The van der Waals surface area contributed by atoms with Crippen LogP contribution in [-0.4, -0.2) is 12.6 Å². The fourth-order valence-corrected chi connectivity index (χ4v) is 2.43. The molecule has 2 aromatic rings. The Morgan fingerprint density at radius 2 is 1.83 bits per heavy atom. The number of hydrogen-bond donors (Lipinski definition) is 2. The Labute approximate surface area is 136 Å². The summed E-state index contributed by atoms with van der Waals surface area (Å²) < 4.78 is 13.1. The Kier molecular flexibility index (Phi) is 5.37. The zero-order valence-electron chi connectivity index (χ0n) is 13.8. The van der Waals surface area contributed by atoms with Crippen molar-refractivity contribution in [2.45, 2.75) is 32.6 Å². The number of urea groups is 1. The molecule has 0 unspecified atom stereocenters. The van der Waals surface area contributed by atoms with Crippen LogP contribution in [0.25, 0.3) is 0 Å². The van der Waals surface area contributed by atoms with E-state index >= 15 is 0 Å². The molecule has 0 spiro atoms. The number of carbonyl (C=O) groups is 1. The SMILES string of the molecule is CC(C)(C)c1ccccc1NC(=O)NCCc1cccc(F)c1. The van der Waals surface area contributed by atoms with Gasteiger partial charge in [0.1, 0.15) is 5.82 Å². The molecule has 3 nitrogen and oxygen atoms in total. The van der Waals surface area contributed by atoms with E-state index < -0.39 is 0 Å². The van der Waals surface area contributed by atoms with Gasteiger partial charge in [-0.2, -0.15) is 0 Å². The highest BCUT2D eigenvalue weighted by atomic mass is 19.1. The Bertz CT molecular complexity index is 677. The Morgan fingerprint density at radius 1 is 1.09 bits per heavy atom. The van der Waals surface area contributed by atoms with Gasteiger partial charge in [-0.25, -0.2) is 9.18 Å². The van der Waals surface area contributed by atoms with Crippen molar-refractivity contribution in [1.82, 2.24) is 5.32 Å². The summed E-state index contributed by atoms with van der Waals surface area (Å²) >= 11 is 0. The number of anilines is 1. The van der Waals surface area contributed by atoms with Gasteiger partial charge in [0.05, 0.1) is 0 Å². The fourth-order valence-electron chi connectivity index (χ4n) is 2.43. The van der Waals surface area contributed by atoms with E-state index in [1.54, 1.807) is 6.07 Å². The van der Waals surface area contributed by atoms with Crippen LogP contribution >= 0.6 is 0 Å². The van der Waals surface area contributed by atoms with E-state index in [1.807, 2.05) is 30.3 Å². The topological polar surface area (TPSA) is 41.1 Å². The largest absolute Gasteiger partial charge is 0.338 e. The smallest absolute Gasteiger partial charge is 0.319 e. The zero-order chi connectivity index (χ0) is 16.9. The number of rotatable bonds is 4. The molecule has 0 radical (unpaired) electrons. The minimum atomic E-state index is -0.258. The highest BCUT2D eigenvalue weighted by Crippen LogP contribution is 2.29. The molecule has 2 N–H and O–H groups in total. The lowest BCUT2D eigenvalue weighted by molar-refractivity contribution is 0.252. The molecule has 0 saturated heterocycles. The fraction of sp³-hybridized carbons (Fsp3) is 0.316. The van der Waals surface area contributed by atoms with Gasteiger partial charge in [-0.05, 0) is 41.2 Å². The normalized spacial score (nSPS) is 11.1. The quantitative estimate of drug-likeness (QED) is 0.858. The van der Waals surface area contributed by atoms with Crippen LogP contribution in [0.5, 0.6) is 0 Å². The monoisotopic (exact) mass is 314 g/mol. The maximum atomic E-state index is 13.1. The Morgan fingerprint density at radius 3 is 2.52 bits per heavy atom. The van der Waals surface area contributed by atoms with Gasteiger partial charge in [0.15, 0.2) is 0 Å². The highest BCUT2D eigenvalue weighted by Gasteiger charge is 2.18. The average Bonchev–Trinajstić information content (AvgIpc) is 2.47. The first-order valence-corrected chi connectivity index (χ1v) is 7.75. The van der Waals surface area contributed by atoms with Gasteiger partial charge in [-0.1, -0.05) is 51.1 Å². The number of hydrogen-bond acceptors (Lipinski definition) is 1. The van der Waals surface area contributed by atoms with Crippen LogP contribution in [0.4, 0.5) is 14.9 Å². The zero-order valence-corrected chi connectivity index (χ0v) is 13.8. The van der Waals surface area contributed by atoms with E-state index in [9.17, 15) is 9.18 Å². The second-order valence-electron chi connectivity index (χ2n) is 6.56. The summed E-state index contributed by atoms with van der Waals surface area (Å²) in [5.74, 6) is -0.258. The van der Waals surface area contributed by atoms with Crippen LogP contribution < -0.4 is 10.6 Å². The minimum absolute atomic E-state index is 0.0502. The first-order valence-electron chi connectivity index (χ1n) is 7.75. The van der Waals surface area contributed by atoms with Gasteiger partial charge in [0.2, 0.25) is 0 Å². The van der Waals surface area contributed by atoms with Crippen molar-refractivity contribution in [2.75, 3.05) is 11.9 Å². The molecule has 2 aromatic carbocycles. The molecule has 2 amide bonds. The number of halogens is 1. The van der Waals surface area contributed by atoms with Gasteiger partial charge in [0.25, 0.3) is 0 Å². The molecule has 122 valence electrons. The number of nitrogens with one attached hydrogen (secondary N) is 2. The summed E-state index contributed by atoms with van der Waals surface area (Å²) in [4.78, 5) is 12.1. The third-order valence-electron chi connectivity index (χ3n) is 3.57. The van der Waals surface area contributed by atoms with Gasteiger partial charge < -0.3 is 10.6 Å². The third kappa shape index (κ3) is 5.09. The van der Waals surface area contributed by atoms with Crippen LogP contribution in [0.3, 0.4) is 0 Å². The molecule has 0 aliphatic heterocycles. The summed E-state index contributed by atoms with van der Waals surface area (Å²) in [6.45, 7) is 6.77. The number of para-hydroxylation sites is 1. The van der Waals surface area contributed by atoms with Crippen molar-refractivity contribution >= 4 is 11.7 Å². The predicted octanol–water partition coefficient (Wildman–Crippen LogP) is 4.49. The molecule has 0 aliphatic rings. The molecule has 23 heavy (non-hydrogen) atoms. The summed E-state index contributed by atoms with van der Waals surface area (Å²) in [7, 11) is 0. The summed E-state index contributed by atoms with van der Waals surface area (Å²) in [6.07, 6.45) is 0.589. The second-order valence-corrected chi connectivity index (χ2v) is 6.56. The number of amides is 2. The Hall–Kier alpha value is -2.36. The van der Waals surface area contributed by atoms with Gasteiger partial charge in [0, 0.05) is 12.2 Å². The highest BCUT2D eigenvalue weighted by molar-refractivity contribution is 5.90. The number of benzene rings is 2. The van der Waals surface area contributed by atoms with Crippen molar-refractivity contribution in [3.8, 4) is 0 Å². The maximum absolute atomic E-state index is 13.1. The molecule has 4 heteroatoms. The molecule has 0 saturated carbocycles. The van der Waals surface area contributed by atoms with E-state index in [4.69, 9.17) is 0 Å². The van der Waals surface area contributed by atoms with Crippen molar-refractivity contribution in [1.29, 1.82) is 0 Å². The standard InChI is InChI=1S/C19H23FN2O/c1-19(2,3)16-9-4-5-10-17(16)22-18(23)21-12-11-14-7-6-8-15(20)13-14/h4-10,13H,11-12H2,1-3H3,(H2,21,22,23). The van der Waals surface area contributed by atoms with Crippen molar-refractivity contribution in [3.05, 3.63) is 65.5 Å². The van der Waals surface area contributed by atoms with E-state index in [-0.39, 0.29) is 17.3 Å². The van der Waals surface area contributed by atoms with Crippen LogP contribution in [0, 0.1) is 5.82 Å². The first kappa shape index (κ1) is 17.0. The van der Waals surface area contributed by atoms with E-state index in [2.05, 4.69) is 31.4 Å². The Balaban J connectivity index is 1.91. The van der Waals surface area contributed by atoms with Crippen LogP contribution in [0.2, 0.25) is 0 Å². The van der Waals surface area contributed by atoms with Crippen molar-refractivity contribution < 1.29 is 9.18 Å². The van der Waals surface area contributed by atoms with Crippen molar-refractivity contribution in [3.63, 3.8) is 0 Å². The lowest BCUT2D eigenvalue weighted by Gasteiger charge is -2.23. The molecule has 0 bridgehead atoms. The summed E-state index contributed by atoms with van der Waals surface area (Å²) in [6, 6.07) is 13.9. The lowest BCUT2D eigenvalue weighted by atomic mass is 9.86. The van der Waals surface area contributed by atoms with Crippen LogP contribution in [0.15, 0.2) is 48.5 Å². The van der Waals surface area contributed by atoms with Gasteiger partial charge in [-0.15, -0.1) is 0 Å². The summed E-state index contributed by atoms with van der Waals surface area (Å²) in [5, 5.41) is 5.70. The molecular weight excluding hydrogens is 291 g/mol. The van der Waals surface area contributed by atoms with Gasteiger partial charge >= 0.3 is 6.03 Å². The van der Waals surface area contributed by atoms with Crippen LogP contribution in [-0.2, 0) is 11.8 Å². The molecule has 0 aromatic heterocycles. The maximum Gasteiger partial charge on any atom is 0.319 e. The third-order valence-corrected chi connectivity index (χ3v) is 3.57. The predicted molar refractivity (Wildman–Crippen MR) is 92.3 cm³/mol. The second kappa shape index (κ2) is 7.27. The molecule has 0 aliphatic carbocycles. The molecule has 0 atom stereocenters. The minimum Gasteiger partial charge on any atom is -0.338 e. The molecular formula is C19H23FN2O. The number of carbonyl (C=O) groups excluding carboxylic acids is 1. The van der Waals surface area contributed by atoms with Crippen molar-refractivity contribution in [2.24, 2.45) is 0 Å². The van der Waals surface area contributed by atoms with E-state index in [0.29, 0.717) is 13.0 Å². The molecule has 0 heterocycles. The summed E-state index contributed by atoms with van der Waals surface area (Å²) in [5.41, 5.74) is 2.70. The van der Waals surface area contributed by atoms with Gasteiger partial charge in [-0.3, -0.25) is 0 Å².